The van der Waals surface area contributed by atoms with E-state index in [0.717, 1.165) is 31.5 Å². The SMILES string of the molecule is CCCC[C@H]1C(=O)N2CCC[C@@H]2C(=O)N[C@@H](CC(=O)O)C(=O)N[C@@H](C(C)C)C(=O)N(C)[C@@H](Cc2ccccc2)C(=O)N[C@@H](CCC(N)=O)C(=O)N2C[C@H](O)C[C@H]2C(=O)N[C@@H](Cc2c[nH]c3ccccc23)C(=O)N[C@@H](Cc2ccc(O)cc2)C(=O)N[C@@H](CCC(N)=O)C(=O)N[C@H](C(=O)NCC(N)=O)CSCC(=O)N[C@@H](Cc2cc(F)c(F)c(F)c2)C(=O)N(C)[C@@H](Cc2ccccc2)C(=O)N1C. The predicted molar refractivity (Wildman–Crippen MR) is 483 cm³/mol. The van der Waals surface area contributed by atoms with Crippen LogP contribution in [0, 0.1) is 23.4 Å². The van der Waals surface area contributed by atoms with E-state index in [9.17, 15) is 62.9 Å². The van der Waals surface area contributed by atoms with Crippen molar-refractivity contribution < 1.29 is 115 Å². The number of aliphatic hydroxyl groups is 1. The van der Waals surface area contributed by atoms with Crippen molar-refractivity contribution in [3.8, 4) is 5.75 Å². The van der Waals surface area contributed by atoms with Gasteiger partial charge in [-0.05, 0) is 96.2 Å². The number of H-pyrrole nitrogens is 1. The maximum Gasteiger partial charge on any atom is 0.305 e. The first-order chi connectivity index (χ1) is 64.1. The quantitative estimate of drug-likeness (QED) is 0.0316. The Morgan fingerprint density at radius 1 is 0.519 bits per heavy atom. The van der Waals surface area contributed by atoms with Gasteiger partial charge in [-0.2, -0.15) is 0 Å². The van der Waals surface area contributed by atoms with Gasteiger partial charge in [-0.25, -0.2) is 13.2 Å². The predicted octanol–water partition coefficient (Wildman–Crippen LogP) is -0.684. The molecule has 17 amide bonds. The number of aromatic amines is 1. The number of likely N-dealkylation sites (N-methyl/N-ethyl adjacent to an activating group) is 3. The van der Waals surface area contributed by atoms with Crippen LogP contribution in [0.4, 0.5) is 13.2 Å². The number of benzene rings is 5. The van der Waals surface area contributed by atoms with Crippen LogP contribution in [0.3, 0.4) is 0 Å². The minimum absolute atomic E-state index is 0.0737. The van der Waals surface area contributed by atoms with Gasteiger partial charge in [0, 0.05) is 108 Å². The molecule has 726 valence electrons. The van der Waals surface area contributed by atoms with Gasteiger partial charge < -0.3 is 110 Å². The number of phenolic OH excluding ortho intramolecular Hbond substituents is 1. The molecule has 1 aromatic heterocycles. The van der Waals surface area contributed by atoms with Gasteiger partial charge >= 0.3 is 5.97 Å². The fourth-order valence-corrected chi connectivity index (χ4v) is 17.2. The summed E-state index contributed by atoms with van der Waals surface area (Å²) in [4.78, 5) is 271. The van der Waals surface area contributed by atoms with Crippen molar-refractivity contribution in [2.24, 2.45) is 23.1 Å². The molecular formula is C92H115F3N18O21S. The number of aliphatic hydroxyl groups excluding tert-OH is 1. The number of aromatic nitrogens is 1. The number of unbranched alkanes of at least 4 members (excludes halogenated alkanes) is 1. The zero-order valence-corrected chi connectivity index (χ0v) is 76.2. The number of rotatable bonds is 25. The molecule has 3 saturated heterocycles. The van der Waals surface area contributed by atoms with Crippen LogP contribution in [0.15, 0.2) is 128 Å². The average Bonchev–Trinajstić information content (AvgIpc) is 1.77. The van der Waals surface area contributed by atoms with Gasteiger partial charge in [0.25, 0.3) is 0 Å². The van der Waals surface area contributed by atoms with Crippen LogP contribution in [0.25, 0.3) is 10.9 Å². The Kier molecular flexibility index (Phi) is 38.1. The zero-order valence-electron chi connectivity index (χ0n) is 75.3. The third-order valence-electron chi connectivity index (χ3n) is 23.7. The Morgan fingerprint density at radius 2 is 1.04 bits per heavy atom. The van der Waals surface area contributed by atoms with Gasteiger partial charge in [0.15, 0.2) is 17.5 Å². The number of primary amides is 3. The maximum absolute atomic E-state index is 15.7. The third kappa shape index (κ3) is 29.3. The molecule has 0 radical (unpaired) electrons. The van der Waals surface area contributed by atoms with Crippen LogP contribution in [0.1, 0.15) is 119 Å². The number of para-hydroxylation sites is 1. The number of carbonyl (C=O) groups is 18. The van der Waals surface area contributed by atoms with Gasteiger partial charge in [-0.3, -0.25) is 86.3 Å². The van der Waals surface area contributed by atoms with E-state index in [1.54, 1.807) is 91.9 Å². The van der Waals surface area contributed by atoms with Crippen molar-refractivity contribution in [1.29, 1.82) is 0 Å². The molecule has 0 spiro atoms. The smallest absolute Gasteiger partial charge is 0.305 e. The molecule has 6 aromatic rings. The van der Waals surface area contributed by atoms with Crippen LogP contribution < -0.4 is 65.1 Å². The normalized spacial score (nSPS) is 23.9. The molecule has 3 aliphatic heterocycles. The number of nitrogens with one attached hydrogen (secondary N) is 10. The number of hydrogen-bond donors (Lipinski definition) is 16. The van der Waals surface area contributed by atoms with Crippen molar-refractivity contribution >= 4 is 129 Å². The lowest BCUT2D eigenvalue weighted by Gasteiger charge is -2.38. The van der Waals surface area contributed by atoms with E-state index in [1.807, 2.05) is 0 Å². The van der Waals surface area contributed by atoms with Crippen LogP contribution in [0.5, 0.6) is 5.75 Å². The maximum atomic E-state index is 15.7. The van der Waals surface area contributed by atoms with Gasteiger partial charge in [-0.1, -0.05) is 125 Å². The minimum atomic E-state index is -1.99. The second-order valence-corrected chi connectivity index (χ2v) is 35.1. The highest BCUT2D eigenvalue weighted by atomic mass is 32.2. The van der Waals surface area contributed by atoms with E-state index >= 15 is 51.9 Å². The lowest BCUT2D eigenvalue weighted by atomic mass is 9.98. The fraction of sp³-hybridized carbons (Fsp3) is 0.457. The average molecular weight is 1900 g/mol. The van der Waals surface area contributed by atoms with Crippen molar-refractivity contribution in [1.82, 2.24) is 77.3 Å². The molecule has 0 saturated carbocycles. The number of nitrogens with two attached hydrogens (primary N) is 3. The molecule has 14 atom stereocenters. The van der Waals surface area contributed by atoms with Gasteiger partial charge in [0.05, 0.1) is 24.8 Å². The van der Waals surface area contributed by atoms with E-state index in [-0.39, 0.29) is 56.4 Å². The van der Waals surface area contributed by atoms with E-state index < -0.39 is 302 Å². The number of amides is 17. The summed E-state index contributed by atoms with van der Waals surface area (Å²) < 4.78 is 45.1. The molecule has 9 rings (SSSR count). The standard InChI is InChI=1S/C92H115F3N18O21S/c1-7-8-24-69-91(133)112-34-17-25-68(112)85(127)106-65(43-77(120)121)84(126)108-79(49(2)3)92(134)110(5)70(39-50-18-11-9-12-19-50)86(128)103-62(31-33-74(97)117)89(131)113-46-56(115)42-71(113)87(129)105-64(41-54-44-99-60-23-16-15-22-57(54)60)83(125)104-63(37-52-26-28-55(114)29-27-52)82(124)102-61(30-32-73(96)116)81(123)107-67(80(122)100-45-75(98)118)47-135-48-76(119)101-66(38-53-35-58(93)78(95)59(94)36-53)88(130)111(6)72(90(132)109(69)4)40-51-20-13-10-14-21-51/h9-16,18-23,26-29,35-36,44,49,56,61-72,79,99,114-115H,7-8,17,24-25,30-34,37-43,45-48H2,1-6H3,(H2,96,116)(H2,97,117)(H2,98,118)(H,100,122)(H,101,119)(H,102,124)(H,103,128)(H,104,125)(H,105,129)(H,106,127)(H,107,123)(H,108,126)(H,120,121)/t56-,61+,62+,63+,64+,65+,66+,67+,68-,69+,70+,71+,72+,79+/m1/s1. The number of phenols is 1. The lowest BCUT2D eigenvalue weighted by Crippen LogP contribution is -2.62. The summed E-state index contributed by atoms with van der Waals surface area (Å²) in [6.45, 7) is 3.22. The Hall–Kier alpha value is -14.0. The molecular weight excluding hydrogens is 1780 g/mol. The molecule has 3 fully saturated rings. The molecule has 39 nitrogen and oxygen atoms in total. The first kappa shape index (κ1) is 105. The first-order valence-corrected chi connectivity index (χ1v) is 45.2. The summed E-state index contributed by atoms with van der Waals surface area (Å²) in [5.41, 5.74) is 18.4. The fourth-order valence-electron chi connectivity index (χ4n) is 16.3. The number of carboxylic acids is 1. The van der Waals surface area contributed by atoms with Crippen molar-refractivity contribution in [3.63, 3.8) is 0 Å². The lowest BCUT2D eigenvalue weighted by molar-refractivity contribution is -0.152. The molecule has 19 N–H and O–H groups in total. The van der Waals surface area contributed by atoms with Crippen molar-refractivity contribution in [3.05, 3.63) is 173 Å². The minimum Gasteiger partial charge on any atom is -0.508 e. The van der Waals surface area contributed by atoms with Gasteiger partial charge in [-0.15, -0.1) is 11.8 Å². The second-order valence-electron chi connectivity index (χ2n) is 34.0. The molecule has 3 aliphatic rings. The Balaban J connectivity index is 1.14. The number of fused-ring (bicyclic) bond motifs is 3. The number of carbonyl (C=O) groups excluding carboxylic acids is 17. The summed E-state index contributed by atoms with van der Waals surface area (Å²) >= 11 is 0.590. The first-order valence-electron chi connectivity index (χ1n) is 44.1. The molecule has 43 heteroatoms. The summed E-state index contributed by atoms with van der Waals surface area (Å²) in [6.07, 6.45) is -5.65. The van der Waals surface area contributed by atoms with Gasteiger partial charge in [0.2, 0.25) is 100 Å². The molecule has 0 aliphatic carbocycles. The summed E-state index contributed by atoms with van der Waals surface area (Å²) in [5, 5.41) is 55.4. The summed E-state index contributed by atoms with van der Waals surface area (Å²) in [6, 6.07) is 6.83. The summed E-state index contributed by atoms with van der Waals surface area (Å²) in [5.74, 6) is -27.6. The number of thioether (sulfide) groups is 1. The van der Waals surface area contributed by atoms with Crippen molar-refractivity contribution in [2.45, 2.75) is 208 Å². The zero-order chi connectivity index (χ0) is 98.8. The monoisotopic (exact) mass is 1900 g/mol. The molecule has 0 bridgehead atoms. The van der Waals surface area contributed by atoms with Crippen LogP contribution >= 0.6 is 11.8 Å². The number of aromatic hydroxyl groups is 1. The molecule has 4 heterocycles. The molecule has 5 aromatic carbocycles. The number of halogens is 3. The van der Waals surface area contributed by atoms with Crippen molar-refractivity contribution in [2.75, 3.05) is 52.3 Å². The number of hydrogen-bond acceptors (Lipinski definition) is 21. The highest BCUT2D eigenvalue weighted by Crippen LogP contribution is 2.29. The van der Waals surface area contributed by atoms with E-state index in [4.69, 9.17) is 17.2 Å². The molecule has 0 unspecified atom stereocenters. The Morgan fingerprint density at radius 3 is 1.65 bits per heavy atom. The number of aliphatic carboxylic acids is 1. The van der Waals surface area contributed by atoms with Gasteiger partial charge in [0.1, 0.15) is 84.3 Å². The number of carboxylic acid groups (broad SMARTS) is 1. The highest BCUT2D eigenvalue weighted by Gasteiger charge is 2.47. The van der Waals surface area contributed by atoms with Crippen LogP contribution in [-0.2, 0) is 118 Å². The highest BCUT2D eigenvalue weighted by molar-refractivity contribution is 8.00. The van der Waals surface area contributed by atoms with Crippen LogP contribution in [-0.4, -0.2) is 288 Å². The van der Waals surface area contributed by atoms with E-state index in [1.165, 1.54) is 58.4 Å². The summed E-state index contributed by atoms with van der Waals surface area (Å²) in [7, 11) is 3.63. The van der Waals surface area contributed by atoms with E-state index in [0.29, 0.717) is 57.9 Å². The third-order valence-corrected chi connectivity index (χ3v) is 24.7. The topological polar surface area (TPSA) is 586 Å². The second kappa shape index (κ2) is 49.1. The van der Waals surface area contributed by atoms with E-state index in [2.05, 4.69) is 52.8 Å². The largest absolute Gasteiger partial charge is 0.508 e. The number of nitrogens with zero attached hydrogens (tertiary/aromatic N) is 5. The molecule has 135 heavy (non-hydrogen) atoms. The Bertz CT molecular complexity index is 5310. The van der Waals surface area contributed by atoms with Crippen LogP contribution in [0.2, 0.25) is 0 Å². The Labute approximate surface area is 779 Å².